The van der Waals surface area contributed by atoms with Crippen molar-refractivity contribution >= 4 is 16.6 Å². The van der Waals surface area contributed by atoms with Crippen molar-refractivity contribution in [2.75, 3.05) is 0 Å². The van der Waals surface area contributed by atoms with E-state index < -0.39 is 16.6 Å². The van der Waals surface area contributed by atoms with E-state index in [1.807, 2.05) is 0 Å². The molecule has 0 radical (unpaired) electrons. The van der Waals surface area contributed by atoms with Crippen LogP contribution in [-0.2, 0) is 4.12 Å². The molecule has 1 nitrogen and oxygen atoms in total. The van der Waals surface area contributed by atoms with Crippen molar-refractivity contribution < 1.29 is 4.12 Å². The molecule has 3 heteroatoms. The number of allylic oxidation sites excluding steroid dienone is 4. The lowest BCUT2D eigenvalue weighted by Crippen LogP contribution is -2.44. The first kappa shape index (κ1) is 19.2. The number of hydrogen-bond acceptors (Lipinski definition) is 1. The number of hydrogen-bond donors (Lipinski definition) is 0. The fourth-order valence-corrected chi connectivity index (χ4v) is 13.2. The average Bonchev–Trinajstić information content (AvgIpc) is 2.52. The molecule has 0 aliphatic heterocycles. The third kappa shape index (κ3) is 7.53. The third-order valence-electron chi connectivity index (χ3n) is 5.62. The van der Waals surface area contributed by atoms with Crippen LogP contribution in [0.4, 0.5) is 0 Å². The zero-order chi connectivity index (χ0) is 16.8. The Morgan fingerprint density at radius 1 is 0.739 bits per heavy atom. The van der Waals surface area contributed by atoms with Crippen molar-refractivity contribution in [3.63, 3.8) is 0 Å². The maximum absolute atomic E-state index is 6.85. The van der Waals surface area contributed by atoms with Crippen LogP contribution in [-0.4, -0.2) is 16.6 Å². The monoisotopic (exact) mass is 350 g/mol. The van der Waals surface area contributed by atoms with Gasteiger partial charge in [0.1, 0.15) is 0 Å². The standard InChI is InChI=1S/C20H38OSi2/c1-22(2,17-15-19-11-7-5-8-12-19)21-23(3,4)18-16-20-13-9-6-10-14-20/h5-7,9,19-20H,8,10-18H2,1-4H3. The molecule has 0 aromatic heterocycles. The molecule has 2 aliphatic carbocycles. The van der Waals surface area contributed by atoms with Crippen LogP contribution in [0.25, 0.3) is 0 Å². The summed E-state index contributed by atoms with van der Waals surface area (Å²) in [6, 6.07) is 2.71. The van der Waals surface area contributed by atoms with Gasteiger partial charge in [-0.2, -0.15) is 0 Å². The summed E-state index contributed by atoms with van der Waals surface area (Å²) in [5, 5.41) is 0. The highest BCUT2D eigenvalue weighted by molar-refractivity contribution is 6.84. The molecule has 0 N–H and O–H groups in total. The second kappa shape index (κ2) is 8.82. The molecule has 2 aliphatic rings. The second-order valence-corrected chi connectivity index (χ2v) is 17.9. The fraction of sp³-hybridized carbons (Fsp3) is 0.800. The van der Waals surface area contributed by atoms with Crippen LogP contribution in [0.3, 0.4) is 0 Å². The van der Waals surface area contributed by atoms with Gasteiger partial charge in [-0.25, -0.2) is 0 Å². The predicted octanol–water partition coefficient (Wildman–Crippen LogP) is 6.91. The fourth-order valence-electron chi connectivity index (χ4n) is 4.19. The highest BCUT2D eigenvalue weighted by Crippen LogP contribution is 2.31. The van der Waals surface area contributed by atoms with E-state index in [9.17, 15) is 0 Å². The first-order chi connectivity index (χ1) is 10.9. The van der Waals surface area contributed by atoms with Gasteiger partial charge in [-0.05, 0) is 88.6 Å². The summed E-state index contributed by atoms with van der Waals surface area (Å²) in [7, 11) is -2.97. The summed E-state index contributed by atoms with van der Waals surface area (Å²) in [6.07, 6.45) is 20.3. The molecule has 0 aromatic carbocycles. The quantitative estimate of drug-likeness (QED) is 0.341. The Labute approximate surface area is 146 Å². The molecule has 2 unspecified atom stereocenters. The minimum Gasteiger partial charge on any atom is -0.455 e. The highest BCUT2D eigenvalue weighted by Gasteiger charge is 2.33. The van der Waals surface area contributed by atoms with Gasteiger partial charge < -0.3 is 4.12 Å². The summed E-state index contributed by atoms with van der Waals surface area (Å²) >= 11 is 0. The molecule has 0 heterocycles. The molecule has 0 fully saturated rings. The van der Waals surface area contributed by atoms with E-state index in [0.717, 1.165) is 11.8 Å². The van der Waals surface area contributed by atoms with E-state index in [2.05, 4.69) is 50.5 Å². The minimum atomic E-state index is -1.49. The molecule has 0 amide bonds. The van der Waals surface area contributed by atoms with Crippen molar-refractivity contribution in [2.45, 2.75) is 89.6 Å². The van der Waals surface area contributed by atoms with Gasteiger partial charge in [0.2, 0.25) is 0 Å². The summed E-state index contributed by atoms with van der Waals surface area (Å²) < 4.78 is 6.85. The van der Waals surface area contributed by atoms with E-state index in [1.165, 1.54) is 63.5 Å². The van der Waals surface area contributed by atoms with Crippen LogP contribution in [0, 0.1) is 11.8 Å². The van der Waals surface area contributed by atoms with Crippen molar-refractivity contribution in [1.29, 1.82) is 0 Å². The van der Waals surface area contributed by atoms with Crippen LogP contribution in [0.2, 0.25) is 38.3 Å². The average molecular weight is 351 g/mol. The molecule has 0 saturated carbocycles. The van der Waals surface area contributed by atoms with E-state index in [-0.39, 0.29) is 0 Å². The molecule has 0 saturated heterocycles. The van der Waals surface area contributed by atoms with E-state index in [4.69, 9.17) is 4.12 Å². The van der Waals surface area contributed by atoms with Crippen molar-refractivity contribution in [2.24, 2.45) is 11.8 Å². The summed E-state index contributed by atoms with van der Waals surface area (Å²) in [4.78, 5) is 0. The van der Waals surface area contributed by atoms with Crippen LogP contribution in [0.1, 0.15) is 51.4 Å². The maximum atomic E-state index is 6.85. The lowest BCUT2D eigenvalue weighted by molar-refractivity contribution is 0.436. The van der Waals surface area contributed by atoms with Gasteiger partial charge in [0.25, 0.3) is 0 Å². The number of rotatable bonds is 8. The summed E-state index contributed by atoms with van der Waals surface area (Å²) in [5.41, 5.74) is 0. The normalized spacial score (nSPS) is 25.7. The lowest BCUT2D eigenvalue weighted by atomic mass is 9.92. The zero-order valence-corrected chi connectivity index (χ0v) is 17.9. The first-order valence-corrected chi connectivity index (χ1v) is 16.1. The van der Waals surface area contributed by atoms with Gasteiger partial charge in [-0.1, -0.05) is 37.1 Å². The Morgan fingerprint density at radius 3 is 1.52 bits per heavy atom. The highest BCUT2D eigenvalue weighted by atomic mass is 28.4. The Kier molecular flexibility index (Phi) is 7.36. The summed E-state index contributed by atoms with van der Waals surface area (Å²) in [6.45, 7) is 9.85. The largest absolute Gasteiger partial charge is 0.455 e. The molecular formula is C20H38OSi2. The topological polar surface area (TPSA) is 9.23 Å². The third-order valence-corrected chi connectivity index (χ3v) is 13.0. The van der Waals surface area contributed by atoms with Gasteiger partial charge in [-0.3, -0.25) is 0 Å². The van der Waals surface area contributed by atoms with Crippen molar-refractivity contribution in [3.8, 4) is 0 Å². The van der Waals surface area contributed by atoms with Crippen molar-refractivity contribution in [1.82, 2.24) is 0 Å². The van der Waals surface area contributed by atoms with Gasteiger partial charge in [-0.15, -0.1) is 0 Å². The van der Waals surface area contributed by atoms with E-state index in [1.54, 1.807) is 0 Å². The van der Waals surface area contributed by atoms with E-state index >= 15 is 0 Å². The molecule has 0 spiro atoms. The molecule has 132 valence electrons. The molecule has 23 heavy (non-hydrogen) atoms. The molecule has 2 rings (SSSR count). The van der Waals surface area contributed by atoms with E-state index in [0.29, 0.717) is 0 Å². The Bertz CT molecular complexity index is 374. The predicted molar refractivity (Wildman–Crippen MR) is 108 cm³/mol. The minimum absolute atomic E-state index is 0.925. The van der Waals surface area contributed by atoms with Crippen LogP contribution >= 0.6 is 0 Å². The van der Waals surface area contributed by atoms with Crippen LogP contribution in [0.5, 0.6) is 0 Å². The summed E-state index contributed by atoms with van der Waals surface area (Å²) in [5.74, 6) is 1.85. The van der Waals surface area contributed by atoms with Gasteiger partial charge >= 0.3 is 0 Å². The molecular weight excluding hydrogens is 312 g/mol. The Hall–Kier alpha value is -0.126. The van der Waals surface area contributed by atoms with Crippen molar-refractivity contribution in [3.05, 3.63) is 24.3 Å². The SMILES string of the molecule is C[Si](C)(CCC1CC=CCC1)O[Si](C)(C)CCC1CC=CCC1. The first-order valence-electron chi connectivity index (χ1n) is 9.86. The van der Waals surface area contributed by atoms with Crippen LogP contribution < -0.4 is 0 Å². The Balaban J connectivity index is 1.72. The maximum Gasteiger partial charge on any atom is 0.173 e. The molecule has 0 bridgehead atoms. The molecule has 0 aromatic rings. The van der Waals surface area contributed by atoms with Gasteiger partial charge in [0.15, 0.2) is 16.6 Å². The molecule has 2 atom stereocenters. The Morgan fingerprint density at radius 2 is 1.17 bits per heavy atom. The van der Waals surface area contributed by atoms with Gasteiger partial charge in [0.05, 0.1) is 0 Å². The second-order valence-electron chi connectivity index (χ2n) is 9.00. The lowest BCUT2D eigenvalue weighted by Gasteiger charge is -2.36. The zero-order valence-electron chi connectivity index (χ0n) is 15.9. The van der Waals surface area contributed by atoms with Gasteiger partial charge in [0, 0.05) is 0 Å². The van der Waals surface area contributed by atoms with Crippen LogP contribution in [0.15, 0.2) is 24.3 Å². The smallest absolute Gasteiger partial charge is 0.173 e.